The second-order valence-corrected chi connectivity index (χ2v) is 5.60. The fourth-order valence-corrected chi connectivity index (χ4v) is 2.36. The van der Waals surface area contributed by atoms with Gasteiger partial charge in [-0.25, -0.2) is 4.79 Å². The fraction of sp³-hybridized carbons (Fsp3) is 0.125. The standard InChI is InChI=1S/C16H13BrN2O6/c1-24-10-6-7-13(14(8-10)19(22)23)18-15(20)9-25-16(21)11-4-2-3-5-12(11)17/h2-8H,9H2,1H3,(H,18,20). The van der Waals surface area contributed by atoms with Gasteiger partial charge in [0.2, 0.25) is 0 Å². The van der Waals surface area contributed by atoms with E-state index in [0.717, 1.165) is 0 Å². The molecule has 0 saturated carbocycles. The number of ether oxygens (including phenoxy) is 2. The molecule has 1 N–H and O–H groups in total. The van der Waals surface area contributed by atoms with E-state index in [9.17, 15) is 19.7 Å². The number of methoxy groups -OCH3 is 1. The number of anilines is 1. The van der Waals surface area contributed by atoms with E-state index in [0.29, 0.717) is 4.47 Å². The molecule has 2 aromatic rings. The average molecular weight is 409 g/mol. The van der Waals surface area contributed by atoms with Crippen LogP contribution in [0, 0.1) is 10.1 Å². The molecule has 0 fully saturated rings. The first-order chi connectivity index (χ1) is 11.9. The van der Waals surface area contributed by atoms with Crippen molar-refractivity contribution in [2.45, 2.75) is 0 Å². The molecular formula is C16H13BrN2O6. The quantitative estimate of drug-likeness (QED) is 0.446. The van der Waals surface area contributed by atoms with Crippen molar-refractivity contribution < 1.29 is 24.0 Å². The molecule has 8 nitrogen and oxygen atoms in total. The molecule has 0 aliphatic heterocycles. The van der Waals surface area contributed by atoms with Crippen molar-refractivity contribution in [3.63, 3.8) is 0 Å². The van der Waals surface area contributed by atoms with Crippen LogP contribution in [0.3, 0.4) is 0 Å². The molecule has 0 unspecified atom stereocenters. The Morgan fingerprint density at radius 2 is 1.96 bits per heavy atom. The summed E-state index contributed by atoms with van der Waals surface area (Å²) in [5, 5.41) is 13.4. The number of nitro groups is 1. The van der Waals surface area contributed by atoms with Crippen LogP contribution in [0.1, 0.15) is 10.4 Å². The van der Waals surface area contributed by atoms with Crippen LogP contribution < -0.4 is 10.1 Å². The number of carbonyl (C=O) groups is 2. The summed E-state index contributed by atoms with van der Waals surface area (Å²) in [5.41, 5.74) is -0.0803. The number of hydrogen-bond acceptors (Lipinski definition) is 6. The van der Waals surface area contributed by atoms with Crippen molar-refractivity contribution in [3.8, 4) is 5.75 Å². The fourth-order valence-electron chi connectivity index (χ4n) is 1.92. The Morgan fingerprint density at radius 3 is 2.60 bits per heavy atom. The van der Waals surface area contributed by atoms with E-state index in [1.54, 1.807) is 24.3 Å². The minimum Gasteiger partial charge on any atom is -0.496 e. The summed E-state index contributed by atoms with van der Waals surface area (Å²) >= 11 is 3.21. The van der Waals surface area contributed by atoms with Crippen LogP contribution in [0.25, 0.3) is 0 Å². The van der Waals surface area contributed by atoms with Crippen LogP contribution in [-0.2, 0) is 9.53 Å². The van der Waals surface area contributed by atoms with E-state index in [4.69, 9.17) is 9.47 Å². The first-order valence-corrected chi connectivity index (χ1v) is 7.75. The summed E-state index contributed by atoms with van der Waals surface area (Å²) in [6, 6.07) is 10.6. The topological polar surface area (TPSA) is 108 Å². The summed E-state index contributed by atoms with van der Waals surface area (Å²) in [7, 11) is 1.37. The van der Waals surface area contributed by atoms with E-state index in [1.165, 1.54) is 25.3 Å². The summed E-state index contributed by atoms with van der Waals surface area (Å²) in [4.78, 5) is 34.3. The van der Waals surface area contributed by atoms with E-state index in [2.05, 4.69) is 21.2 Å². The third-order valence-electron chi connectivity index (χ3n) is 3.10. The number of benzene rings is 2. The number of nitrogens with one attached hydrogen (secondary N) is 1. The van der Waals surface area contributed by atoms with Gasteiger partial charge in [0.05, 0.1) is 23.7 Å². The smallest absolute Gasteiger partial charge is 0.339 e. The number of nitrogens with zero attached hydrogens (tertiary/aromatic N) is 1. The summed E-state index contributed by atoms with van der Waals surface area (Å²) in [6.07, 6.45) is 0. The number of rotatable bonds is 6. The maximum absolute atomic E-state index is 11.9. The van der Waals surface area contributed by atoms with E-state index < -0.39 is 23.4 Å². The van der Waals surface area contributed by atoms with Crippen LogP contribution >= 0.6 is 15.9 Å². The molecule has 0 radical (unpaired) electrons. The van der Waals surface area contributed by atoms with Gasteiger partial charge in [-0.1, -0.05) is 12.1 Å². The molecule has 25 heavy (non-hydrogen) atoms. The van der Waals surface area contributed by atoms with Gasteiger partial charge in [-0.3, -0.25) is 14.9 Å². The van der Waals surface area contributed by atoms with Gasteiger partial charge in [0, 0.05) is 4.47 Å². The minimum atomic E-state index is -0.700. The lowest BCUT2D eigenvalue weighted by molar-refractivity contribution is -0.384. The van der Waals surface area contributed by atoms with Gasteiger partial charge >= 0.3 is 5.97 Å². The highest BCUT2D eigenvalue weighted by Crippen LogP contribution is 2.28. The van der Waals surface area contributed by atoms with E-state index in [-0.39, 0.29) is 22.7 Å². The van der Waals surface area contributed by atoms with Crippen LogP contribution in [-0.4, -0.2) is 30.5 Å². The molecule has 0 spiro atoms. The number of amides is 1. The largest absolute Gasteiger partial charge is 0.496 e. The van der Waals surface area contributed by atoms with E-state index >= 15 is 0 Å². The molecule has 0 saturated heterocycles. The van der Waals surface area contributed by atoms with Crippen molar-refractivity contribution in [1.29, 1.82) is 0 Å². The zero-order chi connectivity index (χ0) is 18.4. The summed E-state index contributed by atoms with van der Waals surface area (Å²) in [5.74, 6) is -1.11. The highest BCUT2D eigenvalue weighted by Gasteiger charge is 2.18. The minimum absolute atomic E-state index is 0.0206. The molecule has 1 amide bonds. The molecule has 0 bridgehead atoms. The number of hydrogen-bond donors (Lipinski definition) is 1. The molecule has 0 aliphatic rings. The van der Waals surface area contributed by atoms with Gasteiger partial charge in [0.15, 0.2) is 6.61 Å². The molecule has 0 aliphatic carbocycles. The van der Waals surface area contributed by atoms with Crippen LogP contribution in [0.15, 0.2) is 46.9 Å². The van der Waals surface area contributed by atoms with Gasteiger partial charge < -0.3 is 14.8 Å². The lowest BCUT2D eigenvalue weighted by Crippen LogP contribution is -2.21. The second-order valence-electron chi connectivity index (χ2n) is 4.74. The van der Waals surface area contributed by atoms with Gasteiger partial charge in [0.25, 0.3) is 11.6 Å². The Morgan fingerprint density at radius 1 is 1.24 bits per heavy atom. The third kappa shape index (κ3) is 4.77. The van der Waals surface area contributed by atoms with Crippen LogP contribution in [0.4, 0.5) is 11.4 Å². The Kier molecular flexibility index (Phi) is 6.07. The lowest BCUT2D eigenvalue weighted by Gasteiger charge is -2.09. The number of carbonyl (C=O) groups excluding carboxylic acids is 2. The second kappa shape index (κ2) is 8.25. The number of halogens is 1. The maximum Gasteiger partial charge on any atom is 0.339 e. The highest BCUT2D eigenvalue weighted by atomic mass is 79.9. The third-order valence-corrected chi connectivity index (χ3v) is 3.80. The number of nitro benzene ring substituents is 1. The van der Waals surface area contributed by atoms with Crippen molar-refractivity contribution in [1.82, 2.24) is 0 Å². The van der Waals surface area contributed by atoms with Crippen molar-refractivity contribution in [2.24, 2.45) is 0 Å². The Labute approximate surface area is 151 Å². The molecular weight excluding hydrogens is 396 g/mol. The number of esters is 1. The zero-order valence-electron chi connectivity index (χ0n) is 13.0. The molecule has 0 atom stereocenters. The molecule has 130 valence electrons. The van der Waals surface area contributed by atoms with E-state index in [1.807, 2.05) is 0 Å². The molecule has 2 aromatic carbocycles. The van der Waals surface area contributed by atoms with Gasteiger partial charge in [-0.05, 0) is 40.2 Å². The Balaban J connectivity index is 2.02. The highest BCUT2D eigenvalue weighted by molar-refractivity contribution is 9.10. The predicted octanol–water partition coefficient (Wildman–Crippen LogP) is 3.16. The monoisotopic (exact) mass is 408 g/mol. The molecule has 9 heteroatoms. The van der Waals surface area contributed by atoms with Crippen LogP contribution in [0.5, 0.6) is 5.75 Å². The molecule has 0 heterocycles. The predicted molar refractivity (Wildman–Crippen MR) is 92.7 cm³/mol. The van der Waals surface area contributed by atoms with Gasteiger partial charge in [-0.2, -0.15) is 0 Å². The normalized spacial score (nSPS) is 10.0. The van der Waals surface area contributed by atoms with Crippen LogP contribution in [0.2, 0.25) is 0 Å². The summed E-state index contributed by atoms with van der Waals surface area (Å²) < 4.78 is 10.4. The van der Waals surface area contributed by atoms with Gasteiger partial charge in [-0.15, -0.1) is 0 Å². The van der Waals surface area contributed by atoms with Gasteiger partial charge in [0.1, 0.15) is 11.4 Å². The average Bonchev–Trinajstić information content (AvgIpc) is 2.60. The molecule has 2 rings (SSSR count). The van der Waals surface area contributed by atoms with Crippen molar-refractivity contribution >= 4 is 39.2 Å². The van der Waals surface area contributed by atoms with Crippen molar-refractivity contribution in [3.05, 3.63) is 62.6 Å². The zero-order valence-corrected chi connectivity index (χ0v) is 14.6. The Hall–Kier alpha value is -2.94. The summed E-state index contributed by atoms with van der Waals surface area (Å²) in [6.45, 7) is -0.580. The maximum atomic E-state index is 11.9. The lowest BCUT2D eigenvalue weighted by atomic mass is 10.2. The van der Waals surface area contributed by atoms with Crippen molar-refractivity contribution in [2.75, 3.05) is 19.0 Å². The SMILES string of the molecule is COc1ccc(NC(=O)COC(=O)c2ccccc2Br)c([N+](=O)[O-])c1. The Bertz CT molecular complexity index is 824. The first kappa shape index (κ1) is 18.4. The first-order valence-electron chi connectivity index (χ1n) is 6.96. The molecule has 0 aromatic heterocycles.